The van der Waals surface area contributed by atoms with Gasteiger partial charge in [-0.2, -0.15) is 0 Å². The molecule has 136 valence electrons. The molecule has 0 bridgehead atoms. The molecule has 2 atom stereocenters. The standard InChI is InChI=1S/C19H26FN3O2/c20-16-4-1-13(2-5-16)12-22-18(24)14-7-9-23(10-8-14)19(25)15-3-6-17(21)11-15/h1-2,4-5,14-15,17H,3,6-12,21H2,(H,22,24). The van der Waals surface area contributed by atoms with Gasteiger partial charge in [-0.05, 0) is 49.8 Å². The Morgan fingerprint density at radius 1 is 1.08 bits per heavy atom. The van der Waals surface area contributed by atoms with Crippen molar-refractivity contribution in [2.45, 2.75) is 44.7 Å². The van der Waals surface area contributed by atoms with Gasteiger partial charge in [0, 0.05) is 37.5 Å². The number of likely N-dealkylation sites (tertiary alicyclic amines) is 1. The fraction of sp³-hybridized carbons (Fsp3) is 0.579. The van der Waals surface area contributed by atoms with Gasteiger partial charge in [-0.25, -0.2) is 4.39 Å². The zero-order valence-electron chi connectivity index (χ0n) is 14.4. The van der Waals surface area contributed by atoms with Gasteiger partial charge in [0.25, 0.3) is 0 Å². The Balaban J connectivity index is 1.43. The molecule has 2 aliphatic rings. The summed E-state index contributed by atoms with van der Waals surface area (Å²) in [5.74, 6) is -0.0537. The van der Waals surface area contributed by atoms with E-state index in [-0.39, 0.29) is 35.5 Å². The minimum atomic E-state index is -0.282. The van der Waals surface area contributed by atoms with Crippen molar-refractivity contribution >= 4 is 11.8 Å². The summed E-state index contributed by atoms with van der Waals surface area (Å²) in [5.41, 5.74) is 6.77. The third kappa shape index (κ3) is 4.57. The van der Waals surface area contributed by atoms with Gasteiger partial charge < -0.3 is 16.0 Å². The molecule has 1 heterocycles. The normalized spacial score (nSPS) is 24.3. The highest BCUT2D eigenvalue weighted by molar-refractivity contribution is 5.81. The van der Waals surface area contributed by atoms with Gasteiger partial charge in [-0.3, -0.25) is 9.59 Å². The number of carbonyl (C=O) groups is 2. The van der Waals surface area contributed by atoms with Gasteiger partial charge in [0.15, 0.2) is 0 Å². The first kappa shape index (κ1) is 17.9. The van der Waals surface area contributed by atoms with Gasteiger partial charge in [0.1, 0.15) is 5.82 Å². The van der Waals surface area contributed by atoms with E-state index in [1.54, 1.807) is 12.1 Å². The van der Waals surface area contributed by atoms with Crippen LogP contribution in [0.4, 0.5) is 4.39 Å². The number of rotatable bonds is 4. The first-order valence-corrected chi connectivity index (χ1v) is 9.09. The second kappa shape index (κ2) is 7.95. The molecule has 1 aromatic carbocycles. The number of nitrogens with two attached hydrogens (primary N) is 1. The lowest BCUT2D eigenvalue weighted by Crippen LogP contribution is -2.44. The predicted octanol–water partition coefficient (Wildman–Crippen LogP) is 1.81. The molecular formula is C19H26FN3O2. The van der Waals surface area contributed by atoms with Crippen LogP contribution >= 0.6 is 0 Å². The van der Waals surface area contributed by atoms with E-state index in [1.165, 1.54) is 12.1 Å². The number of hydrogen-bond acceptors (Lipinski definition) is 3. The zero-order chi connectivity index (χ0) is 17.8. The van der Waals surface area contributed by atoms with E-state index < -0.39 is 0 Å². The third-order valence-electron chi connectivity index (χ3n) is 5.38. The lowest BCUT2D eigenvalue weighted by molar-refractivity contribution is -0.139. The summed E-state index contributed by atoms with van der Waals surface area (Å²) >= 11 is 0. The molecule has 3 rings (SSSR count). The average molecular weight is 347 g/mol. The number of benzene rings is 1. The van der Waals surface area contributed by atoms with Crippen molar-refractivity contribution in [1.82, 2.24) is 10.2 Å². The van der Waals surface area contributed by atoms with Crippen LogP contribution in [0.15, 0.2) is 24.3 Å². The molecule has 0 radical (unpaired) electrons. The molecule has 1 aliphatic carbocycles. The van der Waals surface area contributed by atoms with Crippen LogP contribution in [-0.2, 0) is 16.1 Å². The Labute approximate surface area is 147 Å². The van der Waals surface area contributed by atoms with Crippen molar-refractivity contribution in [2.24, 2.45) is 17.6 Å². The van der Waals surface area contributed by atoms with E-state index in [1.807, 2.05) is 4.90 Å². The predicted molar refractivity (Wildman–Crippen MR) is 92.9 cm³/mol. The Hall–Kier alpha value is -1.95. The first-order chi connectivity index (χ1) is 12.0. The summed E-state index contributed by atoms with van der Waals surface area (Å²) in [4.78, 5) is 26.7. The molecular weight excluding hydrogens is 321 g/mol. The quantitative estimate of drug-likeness (QED) is 0.872. The molecule has 0 spiro atoms. The Bertz CT molecular complexity index is 612. The van der Waals surface area contributed by atoms with Crippen LogP contribution in [0.25, 0.3) is 0 Å². The molecule has 25 heavy (non-hydrogen) atoms. The van der Waals surface area contributed by atoms with Gasteiger partial charge in [0.2, 0.25) is 11.8 Å². The van der Waals surface area contributed by atoms with Crippen LogP contribution in [0.3, 0.4) is 0 Å². The van der Waals surface area contributed by atoms with Crippen molar-refractivity contribution < 1.29 is 14.0 Å². The van der Waals surface area contributed by atoms with Crippen LogP contribution < -0.4 is 11.1 Å². The lowest BCUT2D eigenvalue weighted by atomic mass is 9.94. The molecule has 1 aliphatic heterocycles. The average Bonchev–Trinajstić information content (AvgIpc) is 3.07. The second-order valence-electron chi connectivity index (χ2n) is 7.21. The highest BCUT2D eigenvalue weighted by atomic mass is 19.1. The maximum absolute atomic E-state index is 12.9. The summed E-state index contributed by atoms with van der Waals surface area (Å²) in [6.45, 7) is 1.68. The molecule has 2 amide bonds. The molecule has 6 heteroatoms. The Morgan fingerprint density at radius 2 is 1.76 bits per heavy atom. The molecule has 1 aromatic rings. The SMILES string of the molecule is NC1CCC(C(=O)N2CCC(C(=O)NCc3ccc(F)cc3)CC2)C1. The minimum Gasteiger partial charge on any atom is -0.352 e. The van der Waals surface area contributed by atoms with Crippen LogP contribution in [0.1, 0.15) is 37.7 Å². The molecule has 1 saturated carbocycles. The summed E-state index contributed by atoms with van der Waals surface area (Å²) in [6, 6.07) is 6.27. The van der Waals surface area contributed by atoms with Crippen molar-refractivity contribution in [3.63, 3.8) is 0 Å². The van der Waals surface area contributed by atoms with E-state index in [4.69, 9.17) is 5.73 Å². The Kier molecular flexibility index (Phi) is 5.68. The van der Waals surface area contributed by atoms with E-state index in [9.17, 15) is 14.0 Å². The summed E-state index contributed by atoms with van der Waals surface area (Å²) in [7, 11) is 0. The first-order valence-electron chi connectivity index (χ1n) is 9.09. The van der Waals surface area contributed by atoms with Crippen molar-refractivity contribution in [3.05, 3.63) is 35.6 Å². The van der Waals surface area contributed by atoms with E-state index in [2.05, 4.69) is 5.32 Å². The third-order valence-corrected chi connectivity index (χ3v) is 5.38. The number of nitrogens with one attached hydrogen (secondary N) is 1. The molecule has 2 fully saturated rings. The van der Waals surface area contributed by atoms with E-state index in [0.717, 1.165) is 24.8 Å². The van der Waals surface area contributed by atoms with Crippen LogP contribution in [0.5, 0.6) is 0 Å². The summed E-state index contributed by atoms with van der Waals surface area (Å²) in [5, 5.41) is 2.91. The van der Waals surface area contributed by atoms with Crippen molar-refractivity contribution in [2.75, 3.05) is 13.1 Å². The van der Waals surface area contributed by atoms with Crippen LogP contribution in [0.2, 0.25) is 0 Å². The maximum atomic E-state index is 12.9. The Morgan fingerprint density at radius 3 is 2.36 bits per heavy atom. The van der Waals surface area contributed by atoms with Crippen LogP contribution in [-0.4, -0.2) is 35.8 Å². The van der Waals surface area contributed by atoms with E-state index >= 15 is 0 Å². The summed E-state index contributed by atoms with van der Waals surface area (Å²) in [6.07, 6.45) is 3.99. The highest BCUT2D eigenvalue weighted by Gasteiger charge is 2.34. The monoisotopic (exact) mass is 347 g/mol. The minimum absolute atomic E-state index is 0.0133. The number of amides is 2. The van der Waals surface area contributed by atoms with Crippen molar-refractivity contribution in [3.8, 4) is 0 Å². The molecule has 5 nitrogen and oxygen atoms in total. The largest absolute Gasteiger partial charge is 0.352 e. The van der Waals surface area contributed by atoms with Gasteiger partial charge in [-0.1, -0.05) is 12.1 Å². The zero-order valence-corrected chi connectivity index (χ0v) is 14.4. The molecule has 1 saturated heterocycles. The molecule has 0 aromatic heterocycles. The second-order valence-corrected chi connectivity index (χ2v) is 7.21. The number of nitrogens with zero attached hydrogens (tertiary/aromatic N) is 1. The lowest BCUT2D eigenvalue weighted by Gasteiger charge is -2.33. The number of piperidine rings is 1. The smallest absolute Gasteiger partial charge is 0.225 e. The van der Waals surface area contributed by atoms with Crippen LogP contribution in [0, 0.1) is 17.7 Å². The van der Waals surface area contributed by atoms with Crippen molar-refractivity contribution in [1.29, 1.82) is 0 Å². The fourth-order valence-corrected chi connectivity index (χ4v) is 3.80. The van der Waals surface area contributed by atoms with E-state index in [0.29, 0.717) is 32.5 Å². The number of carbonyl (C=O) groups excluding carboxylic acids is 2. The fourth-order valence-electron chi connectivity index (χ4n) is 3.80. The van der Waals surface area contributed by atoms with Gasteiger partial charge in [-0.15, -0.1) is 0 Å². The number of hydrogen-bond donors (Lipinski definition) is 2. The maximum Gasteiger partial charge on any atom is 0.225 e. The highest BCUT2D eigenvalue weighted by Crippen LogP contribution is 2.28. The summed E-state index contributed by atoms with van der Waals surface area (Å²) < 4.78 is 12.9. The van der Waals surface area contributed by atoms with Gasteiger partial charge in [0.05, 0.1) is 0 Å². The molecule has 2 unspecified atom stereocenters. The molecule has 3 N–H and O–H groups in total. The van der Waals surface area contributed by atoms with Gasteiger partial charge >= 0.3 is 0 Å². The number of halogens is 1. The topological polar surface area (TPSA) is 75.4 Å².